The zero-order valence-electron chi connectivity index (χ0n) is 12.7. The molecule has 4 nitrogen and oxygen atoms in total. The summed E-state index contributed by atoms with van der Waals surface area (Å²) in [4.78, 5) is 16.4. The van der Waals surface area contributed by atoms with Crippen LogP contribution in [-0.2, 0) is 13.2 Å². The number of rotatable bonds is 6. The molecule has 0 saturated carbocycles. The van der Waals surface area contributed by atoms with Crippen LogP contribution in [0.5, 0.6) is 5.75 Å². The maximum Gasteiger partial charge on any atom is 0.271 e. The SMILES string of the molecule is O=C(NCc1ccccc1)c1csc(COc2ccc(F)cc2)n1. The fourth-order valence-corrected chi connectivity index (χ4v) is 2.71. The lowest BCUT2D eigenvalue weighted by molar-refractivity contribution is 0.0946. The van der Waals surface area contributed by atoms with Crippen LogP contribution in [0.15, 0.2) is 60.0 Å². The lowest BCUT2D eigenvalue weighted by Gasteiger charge is -2.04. The summed E-state index contributed by atoms with van der Waals surface area (Å²) >= 11 is 1.35. The van der Waals surface area contributed by atoms with Crippen LogP contribution in [0.3, 0.4) is 0 Å². The molecule has 122 valence electrons. The molecule has 0 radical (unpaired) electrons. The highest BCUT2D eigenvalue weighted by atomic mass is 32.1. The number of hydrogen-bond donors (Lipinski definition) is 1. The lowest BCUT2D eigenvalue weighted by atomic mass is 10.2. The van der Waals surface area contributed by atoms with E-state index in [1.165, 1.54) is 23.5 Å². The van der Waals surface area contributed by atoms with Crippen molar-refractivity contribution in [2.75, 3.05) is 0 Å². The highest BCUT2D eigenvalue weighted by molar-refractivity contribution is 7.09. The summed E-state index contributed by atoms with van der Waals surface area (Å²) in [6, 6.07) is 15.4. The Morgan fingerprint density at radius 1 is 1.12 bits per heavy atom. The Kier molecular flexibility index (Phi) is 5.18. The molecule has 1 aromatic heterocycles. The van der Waals surface area contributed by atoms with Crippen molar-refractivity contribution in [1.82, 2.24) is 10.3 Å². The number of nitrogens with zero attached hydrogens (tertiary/aromatic N) is 1. The second-order valence-corrected chi connectivity index (χ2v) is 5.98. The van der Waals surface area contributed by atoms with Crippen molar-refractivity contribution in [1.29, 1.82) is 0 Å². The van der Waals surface area contributed by atoms with Crippen molar-refractivity contribution in [3.05, 3.63) is 82.1 Å². The molecule has 0 aliphatic carbocycles. The Bertz CT molecular complexity index is 803. The summed E-state index contributed by atoms with van der Waals surface area (Å²) in [6.07, 6.45) is 0. The number of thiazole rings is 1. The van der Waals surface area contributed by atoms with E-state index in [-0.39, 0.29) is 18.3 Å². The second-order valence-electron chi connectivity index (χ2n) is 5.04. The minimum absolute atomic E-state index is 0.219. The van der Waals surface area contributed by atoms with E-state index in [9.17, 15) is 9.18 Å². The Labute approximate surface area is 142 Å². The fourth-order valence-electron chi connectivity index (χ4n) is 2.03. The minimum atomic E-state index is -0.311. The molecule has 1 amide bonds. The van der Waals surface area contributed by atoms with Gasteiger partial charge in [-0.15, -0.1) is 11.3 Å². The van der Waals surface area contributed by atoms with E-state index in [4.69, 9.17) is 4.74 Å². The molecule has 0 bridgehead atoms. The van der Waals surface area contributed by atoms with Crippen LogP contribution in [-0.4, -0.2) is 10.9 Å². The van der Waals surface area contributed by atoms with Gasteiger partial charge in [-0.3, -0.25) is 4.79 Å². The highest BCUT2D eigenvalue weighted by Crippen LogP contribution is 2.16. The largest absolute Gasteiger partial charge is 0.486 e. The van der Waals surface area contributed by atoms with Crippen LogP contribution < -0.4 is 10.1 Å². The van der Waals surface area contributed by atoms with Gasteiger partial charge < -0.3 is 10.1 Å². The van der Waals surface area contributed by atoms with E-state index in [1.54, 1.807) is 17.5 Å². The predicted molar refractivity (Wildman–Crippen MR) is 90.5 cm³/mol. The summed E-state index contributed by atoms with van der Waals surface area (Å²) in [7, 11) is 0. The zero-order valence-corrected chi connectivity index (χ0v) is 13.6. The first-order valence-corrected chi connectivity index (χ1v) is 8.23. The number of halogens is 1. The van der Waals surface area contributed by atoms with Gasteiger partial charge in [0.2, 0.25) is 0 Å². The summed E-state index contributed by atoms with van der Waals surface area (Å²) in [5, 5.41) is 5.21. The monoisotopic (exact) mass is 342 g/mol. The van der Waals surface area contributed by atoms with Gasteiger partial charge in [-0.25, -0.2) is 9.37 Å². The normalized spacial score (nSPS) is 10.4. The van der Waals surface area contributed by atoms with Crippen molar-refractivity contribution in [3.8, 4) is 5.75 Å². The number of hydrogen-bond acceptors (Lipinski definition) is 4. The maximum absolute atomic E-state index is 12.8. The summed E-state index contributed by atoms with van der Waals surface area (Å²) < 4.78 is 18.3. The molecule has 0 aliphatic rings. The first-order chi connectivity index (χ1) is 11.7. The van der Waals surface area contributed by atoms with Crippen LogP contribution in [0, 0.1) is 5.82 Å². The molecule has 3 rings (SSSR count). The Morgan fingerprint density at radius 3 is 2.62 bits per heavy atom. The van der Waals surface area contributed by atoms with E-state index >= 15 is 0 Å². The van der Waals surface area contributed by atoms with Gasteiger partial charge in [-0.2, -0.15) is 0 Å². The minimum Gasteiger partial charge on any atom is -0.486 e. The Morgan fingerprint density at radius 2 is 1.88 bits per heavy atom. The number of nitrogens with one attached hydrogen (secondary N) is 1. The van der Waals surface area contributed by atoms with Crippen molar-refractivity contribution in [2.24, 2.45) is 0 Å². The molecule has 0 spiro atoms. The van der Waals surface area contributed by atoms with E-state index in [1.807, 2.05) is 30.3 Å². The molecule has 6 heteroatoms. The highest BCUT2D eigenvalue weighted by Gasteiger charge is 2.11. The van der Waals surface area contributed by atoms with Crippen molar-refractivity contribution < 1.29 is 13.9 Å². The van der Waals surface area contributed by atoms with Crippen LogP contribution >= 0.6 is 11.3 Å². The first kappa shape index (κ1) is 16.1. The number of aromatic nitrogens is 1. The third kappa shape index (κ3) is 4.39. The van der Waals surface area contributed by atoms with Gasteiger partial charge in [0.25, 0.3) is 5.91 Å². The van der Waals surface area contributed by atoms with Crippen molar-refractivity contribution in [2.45, 2.75) is 13.2 Å². The molecule has 24 heavy (non-hydrogen) atoms. The topological polar surface area (TPSA) is 51.2 Å². The average Bonchev–Trinajstić information content (AvgIpc) is 3.09. The smallest absolute Gasteiger partial charge is 0.271 e. The molecule has 0 saturated heterocycles. The van der Waals surface area contributed by atoms with Gasteiger partial charge in [0.1, 0.15) is 28.9 Å². The molecule has 3 aromatic rings. The zero-order chi connectivity index (χ0) is 16.8. The van der Waals surface area contributed by atoms with Gasteiger partial charge in [0, 0.05) is 11.9 Å². The van der Waals surface area contributed by atoms with Crippen molar-refractivity contribution >= 4 is 17.2 Å². The third-order valence-corrected chi connectivity index (χ3v) is 4.08. The van der Waals surface area contributed by atoms with Gasteiger partial charge in [0.05, 0.1) is 0 Å². The number of ether oxygens (including phenoxy) is 1. The van der Waals surface area contributed by atoms with E-state index in [0.717, 1.165) is 5.56 Å². The van der Waals surface area contributed by atoms with Crippen LogP contribution in [0.25, 0.3) is 0 Å². The lowest BCUT2D eigenvalue weighted by Crippen LogP contribution is -2.23. The molecule has 0 fully saturated rings. The van der Waals surface area contributed by atoms with Gasteiger partial charge in [0.15, 0.2) is 0 Å². The molecular weight excluding hydrogens is 327 g/mol. The number of carbonyl (C=O) groups excluding carboxylic acids is 1. The molecule has 0 unspecified atom stereocenters. The molecule has 2 aromatic carbocycles. The summed E-state index contributed by atoms with van der Waals surface area (Å²) in [5.41, 5.74) is 1.40. The van der Waals surface area contributed by atoms with E-state index in [2.05, 4.69) is 10.3 Å². The first-order valence-electron chi connectivity index (χ1n) is 7.35. The van der Waals surface area contributed by atoms with E-state index in [0.29, 0.717) is 23.0 Å². The maximum atomic E-state index is 12.8. The number of amides is 1. The van der Waals surface area contributed by atoms with Gasteiger partial charge in [-0.1, -0.05) is 30.3 Å². The number of carbonyl (C=O) groups is 1. The Balaban J connectivity index is 1.52. The molecule has 1 heterocycles. The van der Waals surface area contributed by atoms with Gasteiger partial charge in [-0.05, 0) is 29.8 Å². The van der Waals surface area contributed by atoms with E-state index < -0.39 is 0 Å². The van der Waals surface area contributed by atoms with Crippen LogP contribution in [0.4, 0.5) is 4.39 Å². The third-order valence-electron chi connectivity index (χ3n) is 3.26. The van der Waals surface area contributed by atoms with Crippen molar-refractivity contribution in [3.63, 3.8) is 0 Å². The molecular formula is C18H15FN2O2S. The molecule has 0 atom stereocenters. The summed E-state index contributed by atoms with van der Waals surface area (Å²) in [6.45, 7) is 0.695. The fraction of sp³-hybridized carbons (Fsp3) is 0.111. The second kappa shape index (κ2) is 7.70. The van der Waals surface area contributed by atoms with Crippen LogP contribution in [0.2, 0.25) is 0 Å². The Hall–Kier alpha value is -2.73. The quantitative estimate of drug-likeness (QED) is 0.741. The standard InChI is InChI=1S/C18H15FN2O2S/c19-14-6-8-15(9-7-14)23-11-17-21-16(12-24-17)18(22)20-10-13-4-2-1-3-5-13/h1-9,12H,10-11H2,(H,20,22). The molecule has 0 aliphatic heterocycles. The van der Waals surface area contributed by atoms with Crippen LogP contribution in [0.1, 0.15) is 21.1 Å². The average molecular weight is 342 g/mol. The molecule has 1 N–H and O–H groups in total. The number of benzene rings is 2. The van der Waals surface area contributed by atoms with Gasteiger partial charge >= 0.3 is 0 Å². The predicted octanol–water partition coefficient (Wildman–Crippen LogP) is 3.79. The summed E-state index contributed by atoms with van der Waals surface area (Å²) in [5.74, 6) is 0.0267.